The first-order valence-electron chi connectivity index (χ1n) is 8.16. The fourth-order valence-corrected chi connectivity index (χ4v) is 3.01. The summed E-state index contributed by atoms with van der Waals surface area (Å²) >= 11 is 0. The Hall–Kier alpha value is -1.10. The highest BCUT2D eigenvalue weighted by atomic mass is 16.5. The van der Waals surface area contributed by atoms with Crippen LogP contribution in [0, 0.1) is 0 Å². The number of morpholine rings is 1. The molecule has 1 N–H and O–H groups in total. The van der Waals surface area contributed by atoms with Gasteiger partial charge in [-0.15, -0.1) is 0 Å². The molecular weight excluding hydrogens is 264 g/mol. The van der Waals surface area contributed by atoms with Crippen molar-refractivity contribution in [2.24, 2.45) is 0 Å². The highest BCUT2D eigenvalue weighted by molar-refractivity contribution is 5.47. The minimum atomic E-state index is 0.487. The number of hydrogen-bond acceptors (Lipinski definition) is 4. The third-order valence-electron chi connectivity index (χ3n) is 4.31. The summed E-state index contributed by atoms with van der Waals surface area (Å²) < 4.78 is 11.0. The largest absolute Gasteiger partial charge is 0.378 e. The van der Waals surface area contributed by atoms with Crippen molar-refractivity contribution in [2.75, 3.05) is 44.4 Å². The molecule has 4 nitrogen and oxygen atoms in total. The number of benzene rings is 1. The normalized spacial score (nSPS) is 22.7. The molecule has 116 valence electrons. The van der Waals surface area contributed by atoms with Gasteiger partial charge in [-0.3, -0.25) is 0 Å². The van der Waals surface area contributed by atoms with Crippen molar-refractivity contribution in [3.8, 4) is 0 Å². The van der Waals surface area contributed by atoms with Crippen LogP contribution in [0.2, 0.25) is 0 Å². The zero-order chi connectivity index (χ0) is 14.3. The topological polar surface area (TPSA) is 33.7 Å². The minimum Gasteiger partial charge on any atom is -0.378 e. The average molecular weight is 290 g/mol. The Balaban J connectivity index is 1.39. The Labute approximate surface area is 127 Å². The maximum Gasteiger partial charge on any atom is 0.0642 e. The second kappa shape index (κ2) is 7.78. The van der Waals surface area contributed by atoms with Crippen LogP contribution < -0.4 is 10.2 Å². The Morgan fingerprint density at radius 3 is 2.62 bits per heavy atom. The van der Waals surface area contributed by atoms with Crippen molar-refractivity contribution in [3.63, 3.8) is 0 Å². The smallest absolute Gasteiger partial charge is 0.0642 e. The number of nitrogens with zero attached hydrogens (tertiary/aromatic N) is 1. The van der Waals surface area contributed by atoms with Gasteiger partial charge in [0.1, 0.15) is 0 Å². The van der Waals surface area contributed by atoms with E-state index in [1.165, 1.54) is 24.1 Å². The first kappa shape index (κ1) is 14.8. The molecule has 1 atom stereocenters. The second-order valence-corrected chi connectivity index (χ2v) is 5.87. The van der Waals surface area contributed by atoms with Crippen LogP contribution in [0.25, 0.3) is 0 Å². The van der Waals surface area contributed by atoms with E-state index in [2.05, 4.69) is 34.5 Å². The summed E-state index contributed by atoms with van der Waals surface area (Å²) in [7, 11) is 0. The van der Waals surface area contributed by atoms with Gasteiger partial charge in [0.2, 0.25) is 0 Å². The summed E-state index contributed by atoms with van der Waals surface area (Å²) in [6, 6.07) is 8.90. The molecule has 0 aliphatic carbocycles. The quantitative estimate of drug-likeness (QED) is 0.814. The molecule has 2 heterocycles. The molecule has 0 amide bonds. The first-order valence-corrected chi connectivity index (χ1v) is 8.16. The molecule has 1 unspecified atom stereocenters. The van der Waals surface area contributed by atoms with E-state index in [4.69, 9.17) is 9.47 Å². The molecule has 1 aromatic carbocycles. The summed E-state index contributed by atoms with van der Waals surface area (Å²) in [4.78, 5) is 2.39. The molecule has 4 heteroatoms. The van der Waals surface area contributed by atoms with Gasteiger partial charge in [-0.25, -0.2) is 0 Å². The zero-order valence-corrected chi connectivity index (χ0v) is 12.7. The Bertz CT molecular complexity index is 409. The van der Waals surface area contributed by atoms with Crippen molar-refractivity contribution >= 4 is 5.69 Å². The van der Waals surface area contributed by atoms with Gasteiger partial charge >= 0.3 is 0 Å². The highest BCUT2D eigenvalue weighted by Gasteiger charge is 2.14. The summed E-state index contributed by atoms with van der Waals surface area (Å²) in [5.41, 5.74) is 2.65. The van der Waals surface area contributed by atoms with Gasteiger partial charge in [-0.2, -0.15) is 0 Å². The van der Waals surface area contributed by atoms with Gasteiger partial charge in [0.25, 0.3) is 0 Å². The number of nitrogens with one attached hydrogen (secondary N) is 1. The van der Waals surface area contributed by atoms with E-state index in [0.717, 1.165) is 52.4 Å². The minimum absolute atomic E-state index is 0.487. The molecule has 0 spiro atoms. The number of anilines is 1. The molecule has 21 heavy (non-hydrogen) atoms. The summed E-state index contributed by atoms with van der Waals surface area (Å²) in [5.74, 6) is 0. The second-order valence-electron chi connectivity index (χ2n) is 5.87. The number of hydrogen-bond donors (Lipinski definition) is 1. The molecule has 0 aromatic heterocycles. The molecule has 1 aromatic rings. The number of ether oxygens (including phenoxy) is 2. The highest BCUT2D eigenvalue weighted by Crippen LogP contribution is 2.17. The van der Waals surface area contributed by atoms with E-state index < -0.39 is 0 Å². The lowest BCUT2D eigenvalue weighted by atomic mass is 10.1. The standard InChI is InChI=1S/C17H26N2O2/c1-2-17(21-11-1)7-8-18-14-15-3-5-16(6-4-15)19-9-12-20-13-10-19/h3-6,17-18H,1-2,7-14H2. The fourth-order valence-electron chi connectivity index (χ4n) is 3.01. The lowest BCUT2D eigenvalue weighted by molar-refractivity contribution is 0.104. The van der Waals surface area contributed by atoms with Crippen molar-refractivity contribution < 1.29 is 9.47 Å². The van der Waals surface area contributed by atoms with Gasteiger partial charge in [-0.1, -0.05) is 12.1 Å². The van der Waals surface area contributed by atoms with Crippen LogP contribution in [0.4, 0.5) is 5.69 Å². The van der Waals surface area contributed by atoms with Gasteiger partial charge in [0, 0.05) is 31.9 Å². The van der Waals surface area contributed by atoms with Crippen molar-refractivity contribution in [1.29, 1.82) is 0 Å². The maximum atomic E-state index is 5.63. The first-order chi connectivity index (χ1) is 10.4. The molecule has 0 saturated carbocycles. The van der Waals surface area contributed by atoms with Crippen LogP contribution in [0.3, 0.4) is 0 Å². The number of rotatable bonds is 6. The van der Waals surface area contributed by atoms with Crippen molar-refractivity contribution in [3.05, 3.63) is 29.8 Å². The predicted molar refractivity (Wildman–Crippen MR) is 84.8 cm³/mol. The maximum absolute atomic E-state index is 5.63. The van der Waals surface area contributed by atoms with Crippen molar-refractivity contribution in [2.45, 2.75) is 31.9 Å². The van der Waals surface area contributed by atoms with Crippen LogP contribution >= 0.6 is 0 Å². The Morgan fingerprint density at radius 2 is 1.90 bits per heavy atom. The molecule has 2 saturated heterocycles. The summed E-state index contributed by atoms with van der Waals surface area (Å²) in [6.45, 7) is 6.61. The van der Waals surface area contributed by atoms with Crippen molar-refractivity contribution in [1.82, 2.24) is 5.32 Å². The summed E-state index contributed by atoms with van der Waals surface area (Å²) in [6.07, 6.45) is 4.08. The van der Waals surface area contributed by atoms with Crippen LogP contribution in [0.15, 0.2) is 24.3 Å². The molecule has 0 radical (unpaired) electrons. The van der Waals surface area contributed by atoms with E-state index in [9.17, 15) is 0 Å². The van der Waals surface area contributed by atoms with E-state index >= 15 is 0 Å². The molecule has 0 bridgehead atoms. The van der Waals surface area contributed by atoms with Crippen LogP contribution in [-0.4, -0.2) is 45.6 Å². The summed E-state index contributed by atoms with van der Waals surface area (Å²) in [5, 5.41) is 3.51. The van der Waals surface area contributed by atoms with Gasteiger partial charge in [0.15, 0.2) is 0 Å². The van der Waals surface area contributed by atoms with E-state index in [-0.39, 0.29) is 0 Å². The van der Waals surface area contributed by atoms with Crippen LogP contribution in [-0.2, 0) is 16.0 Å². The Kier molecular flexibility index (Phi) is 5.49. The van der Waals surface area contributed by atoms with Crippen LogP contribution in [0.1, 0.15) is 24.8 Å². The van der Waals surface area contributed by atoms with E-state index in [0.29, 0.717) is 6.10 Å². The molecular formula is C17H26N2O2. The fraction of sp³-hybridized carbons (Fsp3) is 0.647. The predicted octanol–water partition coefficient (Wildman–Crippen LogP) is 2.18. The monoisotopic (exact) mass is 290 g/mol. The lowest BCUT2D eigenvalue weighted by Gasteiger charge is -2.28. The third kappa shape index (κ3) is 4.43. The third-order valence-corrected chi connectivity index (χ3v) is 4.31. The zero-order valence-electron chi connectivity index (χ0n) is 12.7. The van der Waals surface area contributed by atoms with Crippen LogP contribution in [0.5, 0.6) is 0 Å². The molecule has 2 fully saturated rings. The SMILES string of the molecule is c1cc(N2CCOCC2)ccc1CNCCC1CCCO1. The lowest BCUT2D eigenvalue weighted by Crippen LogP contribution is -2.36. The van der Waals surface area contributed by atoms with Gasteiger partial charge in [-0.05, 0) is 43.5 Å². The average Bonchev–Trinajstić information content (AvgIpc) is 3.06. The molecule has 3 rings (SSSR count). The van der Waals surface area contributed by atoms with E-state index in [1.54, 1.807) is 0 Å². The van der Waals surface area contributed by atoms with Gasteiger partial charge < -0.3 is 19.7 Å². The molecule has 2 aliphatic heterocycles. The van der Waals surface area contributed by atoms with E-state index in [1.807, 2.05) is 0 Å². The van der Waals surface area contributed by atoms with Gasteiger partial charge in [0.05, 0.1) is 19.3 Å². The molecule has 2 aliphatic rings. The Morgan fingerprint density at radius 1 is 1.10 bits per heavy atom.